The van der Waals surface area contributed by atoms with Crippen molar-refractivity contribution in [1.82, 2.24) is 15.1 Å². The van der Waals surface area contributed by atoms with Crippen molar-refractivity contribution in [3.05, 3.63) is 41.9 Å². The molecular weight excluding hydrogens is 264 g/mol. The fraction of sp³-hybridized carbons (Fsp3) is 0.312. The highest BCUT2D eigenvalue weighted by Gasteiger charge is 2.26. The molecule has 0 fully saturated rings. The third-order valence-corrected chi connectivity index (χ3v) is 3.75. The highest BCUT2D eigenvalue weighted by atomic mass is 16.5. The SMILES string of the molecule is CCC(C)(N)c1noc(-c2cc(C)nc3ccccc23)n1. The van der Waals surface area contributed by atoms with Crippen LogP contribution in [0.15, 0.2) is 34.9 Å². The summed E-state index contributed by atoms with van der Waals surface area (Å²) in [7, 11) is 0. The molecule has 0 aliphatic heterocycles. The van der Waals surface area contributed by atoms with Gasteiger partial charge in [-0.25, -0.2) is 0 Å². The average Bonchev–Trinajstić information content (AvgIpc) is 2.96. The van der Waals surface area contributed by atoms with Gasteiger partial charge < -0.3 is 10.3 Å². The number of nitrogens with two attached hydrogens (primary N) is 1. The molecule has 5 heteroatoms. The zero-order valence-electron chi connectivity index (χ0n) is 12.4. The first-order chi connectivity index (χ1) is 10.0. The van der Waals surface area contributed by atoms with E-state index in [-0.39, 0.29) is 0 Å². The number of aryl methyl sites for hydroxylation is 1. The van der Waals surface area contributed by atoms with Crippen molar-refractivity contribution in [2.45, 2.75) is 32.7 Å². The van der Waals surface area contributed by atoms with E-state index in [1.54, 1.807) is 0 Å². The maximum Gasteiger partial charge on any atom is 0.258 e. The van der Waals surface area contributed by atoms with Gasteiger partial charge in [0.15, 0.2) is 5.82 Å². The Morgan fingerprint density at radius 3 is 2.76 bits per heavy atom. The lowest BCUT2D eigenvalue weighted by Gasteiger charge is -2.16. The summed E-state index contributed by atoms with van der Waals surface area (Å²) in [4.78, 5) is 9.00. The lowest BCUT2D eigenvalue weighted by atomic mass is 10.00. The maximum atomic E-state index is 6.17. The lowest BCUT2D eigenvalue weighted by molar-refractivity contribution is 0.379. The molecule has 0 saturated carbocycles. The number of pyridine rings is 1. The van der Waals surface area contributed by atoms with Gasteiger partial charge in [-0.15, -0.1) is 0 Å². The van der Waals surface area contributed by atoms with E-state index in [9.17, 15) is 0 Å². The Hall–Kier alpha value is -2.27. The van der Waals surface area contributed by atoms with Crippen molar-refractivity contribution in [1.29, 1.82) is 0 Å². The highest BCUT2D eigenvalue weighted by Crippen LogP contribution is 2.29. The molecule has 1 unspecified atom stereocenters. The van der Waals surface area contributed by atoms with Crippen molar-refractivity contribution in [3.8, 4) is 11.5 Å². The molecule has 0 saturated heterocycles. The third-order valence-electron chi connectivity index (χ3n) is 3.75. The zero-order valence-corrected chi connectivity index (χ0v) is 12.4. The van der Waals surface area contributed by atoms with E-state index in [0.29, 0.717) is 11.7 Å². The van der Waals surface area contributed by atoms with Gasteiger partial charge >= 0.3 is 0 Å². The number of aromatic nitrogens is 3. The molecule has 0 amide bonds. The van der Waals surface area contributed by atoms with Crippen LogP contribution in [0.2, 0.25) is 0 Å². The largest absolute Gasteiger partial charge is 0.334 e. The first-order valence-corrected chi connectivity index (χ1v) is 7.01. The summed E-state index contributed by atoms with van der Waals surface area (Å²) in [5.74, 6) is 1.01. The van der Waals surface area contributed by atoms with Crippen LogP contribution in [0.5, 0.6) is 0 Å². The van der Waals surface area contributed by atoms with E-state index >= 15 is 0 Å². The van der Waals surface area contributed by atoms with E-state index < -0.39 is 5.54 Å². The van der Waals surface area contributed by atoms with Crippen LogP contribution in [0, 0.1) is 6.92 Å². The predicted octanol–water partition coefficient (Wildman–Crippen LogP) is 3.18. The summed E-state index contributed by atoms with van der Waals surface area (Å²) in [6.07, 6.45) is 0.738. The van der Waals surface area contributed by atoms with Gasteiger partial charge in [-0.05, 0) is 32.4 Å². The maximum absolute atomic E-state index is 6.17. The van der Waals surface area contributed by atoms with Gasteiger partial charge in [0, 0.05) is 11.1 Å². The Kier molecular flexibility index (Phi) is 3.22. The molecule has 2 N–H and O–H groups in total. The zero-order chi connectivity index (χ0) is 15.0. The minimum Gasteiger partial charge on any atom is -0.334 e. The van der Waals surface area contributed by atoms with Crippen molar-refractivity contribution in [2.75, 3.05) is 0 Å². The lowest BCUT2D eigenvalue weighted by Crippen LogP contribution is -2.33. The molecule has 0 aliphatic rings. The van der Waals surface area contributed by atoms with Gasteiger partial charge in [-0.2, -0.15) is 4.98 Å². The van der Waals surface area contributed by atoms with Gasteiger partial charge in [0.25, 0.3) is 5.89 Å². The molecule has 0 spiro atoms. The molecule has 0 bridgehead atoms. The van der Waals surface area contributed by atoms with Crippen LogP contribution in [-0.2, 0) is 5.54 Å². The molecule has 1 aromatic carbocycles. The summed E-state index contributed by atoms with van der Waals surface area (Å²) in [6.45, 7) is 5.85. The van der Waals surface area contributed by atoms with Gasteiger partial charge in [-0.1, -0.05) is 30.3 Å². The number of hydrogen-bond donors (Lipinski definition) is 1. The highest BCUT2D eigenvalue weighted by molar-refractivity contribution is 5.92. The summed E-state index contributed by atoms with van der Waals surface area (Å²) in [6, 6.07) is 9.87. The quantitative estimate of drug-likeness (QED) is 0.798. The van der Waals surface area contributed by atoms with Crippen LogP contribution in [0.3, 0.4) is 0 Å². The molecule has 3 aromatic rings. The normalized spacial score (nSPS) is 14.3. The number of hydrogen-bond acceptors (Lipinski definition) is 5. The summed E-state index contributed by atoms with van der Waals surface area (Å²) in [5.41, 5.74) is 8.31. The number of nitrogens with zero attached hydrogens (tertiary/aromatic N) is 3. The number of fused-ring (bicyclic) bond motifs is 1. The molecule has 108 valence electrons. The smallest absolute Gasteiger partial charge is 0.258 e. The first-order valence-electron chi connectivity index (χ1n) is 7.01. The molecule has 21 heavy (non-hydrogen) atoms. The van der Waals surface area contributed by atoms with Crippen molar-refractivity contribution in [3.63, 3.8) is 0 Å². The molecule has 3 rings (SSSR count). The Morgan fingerprint density at radius 1 is 1.24 bits per heavy atom. The predicted molar refractivity (Wildman–Crippen MR) is 81.6 cm³/mol. The summed E-state index contributed by atoms with van der Waals surface area (Å²) in [5, 5.41) is 5.03. The Labute approximate surface area is 123 Å². The van der Waals surface area contributed by atoms with E-state index in [2.05, 4.69) is 15.1 Å². The van der Waals surface area contributed by atoms with E-state index in [4.69, 9.17) is 10.3 Å². The molecule has 2 heterocycles. The molecule has 0 radical (unpaired) electrons. The average molecular weight is 282 g/mol. The van der Waals surface area contributed by atoms with Crippen LogP contribution in [-0.4, -0.2) is 15.1 Å². The van der Waals surface area contributed by atoms with Crippen LogP contribution < -0.4 is 5.73 Å². The monoisotopic (exact) mass is 282 g/mol. The van der Waals surface area contributed by atoms with Gasteiger partial charge in [0.2, 0.25) is 0 Å². The second-order valence-electron chi connectivity index (χ2n) is 5.52. The molecule has 0 aliphatic carbocycles. The Morgan fingerprint density at radius 2 is 2.00 bits per heavy atom. The second kappa shape index (κ2) is 4.93. The number of para-hydroxylation sites is 1. The first kappa shape index (κ1) is 13.7. The van der Waals surface area contributed by atoms with Crippen molar-refractivity contribution < 1.29 is 4.52 Å². The van der Waals surface area contributed by atoms with Crippen molar-refractivity contribution >= 4 is 10.9 Å². The van der Waals surface area contributed by atoms with Crippen LogP contribution in [0.25, 0.3) is 22.4 Å². The Balaban J connectivity index is 2.17. The van der Waals surface area contributed by atoms with E-state index in [1.807, 2.05) is 51.1 Å². The molecule has 5 nitrogen and oxygen atoms in total. The summed E-state index contributed by atoms with van der Waals surface area (Å²) >= 11 is 0. The minimum absolute atomic E-state index is 0.483. The van der Waals surface area contributed by atoms with Gasteiger partial charge in [-0.3, -0.25) is 4.98 Å². The molecule has 1 atom stereocenters. The minimum atomic E-state index is -0.584. The number of benzene rings is 1. The van der Waals surface area contributed by atoms with Gasteiger partial charge in [0.1, 0.15) is 0 Å². The fourth-order valence-corrected chi connectivity index (χ4v) is 2.21. The standard InChI is InChI=1S/C16H18N4O/c1-4-16(3,17)15-19-14(21-20-15)12-9-10(2)18-13-8-6-5-7-11(12)13/h5-9H,4,17H2,1-3H3. The topological polar surface area (TPSA) is 77.8 Å². The van der Waals surface area contributed by atoms with Gasteiger partial charge in [0.05, 0.1) is 16.6 Å². The van der Waals surface area contributed by atoms with Crippen LogP contribution >= 0.6 is 0 Å². The number of rotatable bonds is 3. The van der Waals surface area contributed by atoms with Crippen LogP contribution in [0.4, 0.5) is 0 Å². The van der Waals surface area contributed by atoms with E-state index in [1.165, 1.54) is 0 Å². The molecular formula is C16H18N4O. The van der Waals surface area contributed by atoms with E-state index in [0.717, 1.165) is 28.6 Å². The van der Waals surface area contributed by atoms with Crippen LogP contribution in [0.1, 0.15) is 31.8 Å². The second-order valence-corrected chi connectivity index (χ2v) is 5.52. The summed E-state index contributed by atoms with van der Waals surface area (Å²) < 4.78 is 5.43. The molecule has 2 aromatic heterocycles. The van der Waals surface area contributed by atoms with Crippen molar-refractivity contribution in [2.24, 2.45) is 5.73 Å². The fourth-order valence-electron chi connectivity index (χ4n) is 2.21. The third kappa shape index (κ3) is 2.40. The Bertz CT molecular complexity index is 792.